The molecule has 1 rings (SSSR count). The second kappa shape index (κ2) is 8.80. The van der Waals surface area contributed by atoms with Crippen LogP contribution in [-0.4, -0.2) is 30.2 Å². The Hall–Kier alpha value is -1.23. The topological polar surface area (TPSA) is 35.5 Å². The Morgan fingerprint density at radius 2 is 2.26 bits per heavy atom. The summed E-state index contributed by atoms with van der Waals surface area (Å²) in [4.78, 5) is 11.4. The van der Waals surface area contributed by atoms with Crippen LogP contribution in [0, 0.1) is 5.82 Å². The first-order valence-electron chi connectivity index (χ1n) is 6.27. The minimum absolute atomic E-state index is 0.216. The molecule has 0 bridgehead atoms. The third-order valence-corrected chi connectivity index (χ3v) is 3.32. The summed E-state index contributed by atoms with van der Waals surface area (Å²) < 4.78 is 23.4. The highest BCUT2D eigenvalue weighted by molar-refractivity contribution is 7.99. The summed E-state index contributed by atoms with van der Waals surface area (Å²) >= 11 is 1.55. The van der Waals surface area contributed by atoms with E-state index in [-0.39, 0.29) is 24.5 Å². The zero-order valence-corrected chi connectivity index (χ0v) is 12.0. The van der Waals surface area contributed by atoms with Crippen molar-refractivity contribution in [2.45, 2.75) is 26.4 Å². The van der Waals surface area contributed by atoms with Crippen molar-refractivity contribution in [3.63, 3.8) is 0 Å². The molecule has 1 aromatic carbocycles. The number of halogens is 1. The van der Waals surface area contributed by atoms with Gasteiger partial charge in [-0.2, -0.15) is 11.8 Å². The maximum atomic E-state index is 12.9. The van der Waals surface area contributed by atoms with E-state index in [0.29, 0.717) is 11.5 Å². The van der Waals surface area contributed by atoms with Crippen molar-refractivity contribution in [2.24, 2.45) is 0 Å². The highest BCUT2D eigenvalue weighted by Gasteiger charge is 2.10. The fourth-order valence-electron chi connectivity index (χ4n) is 1.36. The first-order valence-corrected chi connectivity index (χ1v) is 7.43. The normalized spacial score (nSPS) is 11.9. The summed E-state index contributed by atoms with van der Waals surface area (Å²) in [5, 5.41) is 0. The van der Waals surface area contributed by atoms with E-state index in [0.717, 1.165) is 12.2 Å². The Morgan fingerprint density at radius 3 is 2.95 bits per heavy atom. The molecular formula is C14H19FO3S. The van der Waals surface area contributed by atoms with Crippen LogP contribution in [0.1, 0.15) is 20.3 Å². The van der Waals surface area contributed by atoms with Crippen LogP contribution in [0.15, 0.2) is 24.3 Å². The van der Waals surface area contributed by atoms with E-state index >= 15 is 0 Å². The minimum Gasteiger partial charge on any atom is -0.490 e. The van der Waals surface area contributed by atoms with Crippen LogP contribution in [0.25, 0.3) is 0 Å². The van der Waals surface area contributed by atoms with E-state index in [2.05, 4.69) is 6.92 Å². The Balaban J connectivity index is 2.24. The van der Waals surface area contributed by atoms with Gasteiger partial charge in [0.1, 0.15) is 24.3 Å². The molecule has 1 atom stereocenters. The number of carbonyl (C=O) groups is 1. The van der Waals surface area contributed by atoms with Gasteiger partial charge in [-0.15, -0.1) is 0 Å². The molecule has 0 aliphatic carbocycles. The molecule has 1 aromatic rings. The number of ether oxygens (including phenoxy) is 2. The summed E-state index contributed by atoms with van der Waals surface area (Å²) in [6, 6.07) is 5.88. The number of esters is 1. The maximum Gasteiger partial charge on any atom is 0.316 e. The van der Waals surface area contributed by atoms with E-state index in [9.17, 15) is 9.18 Å². The number of carbonyl (C=O) groups excluding carboxylic acids is 1. The SMILES string of the molecule is CCCSCC(=O)OC(C)COc1cccc(F)c1. The van der Waals surface area contributed by atoms with Crippen molar-refractivity contribution >= 4 is 17.7 Å². The van der Waals surface area contributed by atoms with Crippen LogP contribution in [0.5, 0.6) is 5.75 Å². The minimum atomic E-state index is -0.349. The zero-order chi connectivity index (χ0) is 14.1. The monoisotopic (exact) mass is 286 g/mol. The molecule has 0 fully saturated rings. The van der Waals surface area contributed by atoms with E-state index in [1.165, 1.54) is 12.1 Å². The lowest BCUT2D eigenvalue weighted by atomic mass is 10.3. The van der Waals surface area contributed by atoms with Crippen molar-refractivity contribution < 1.29 is 18.7 Å². The van der Waals surface area contributed by atoms with Crippen LogP contribution < -0.4 is 4.74 Å². The van der Waals surface area contributed by atoms with Crippen molar-refractivity contribution in [1.82, 2.24) is 0 Å². The fraction of sp³-hybridized carbons (Fsp3) is 0.500. The van der Waals surface area contributed by atoms with Gasteiger partial charge in [-0.05, 0) is 31.2 Å². The lowest BCUT2D eigenvalue weighted by molar-refractivity contribution is -0.146. The molecule has 0 aliphatic heterocycles. The molecule has 106 valence electrons. The molecule has 0 heterocycles. The van der Waals surface area contributed by atoms with Crippen LogP contribution in [-0.2, 0) is 9.53 Å². The van der Waals surface area contributed by atoms with Gasteiger partial charge in [0.2, 0.25) is 0 Å². The average Bonchev–Trinajstić information content (AvgIpc) is 2.37. The first-order chi connectivity index (χ1) is 9.11. The highest BCUT2D eigenvalue weighted by Crippen LogP contribution is 2.12. The number of hydrogen-bond donors (Lipinski definition) is 0. The van der Waals surface area contributed by atoms with Crippen LogP contribution in [0.4, 0.5) is 4.39 Å². The third-order valence-electron chi connectivity index (χ3n) is 2.18. The van der Waals surface area contributed by atoms with Crippen LogP contribution in [0.3, 0.4) is 0 Å². The summed E-state index contributed by atoms with van der Waals surface area (Å²) in [5.41, 5.74) is 0. The summed E-state index contributed by atoms with van der Waals surface area (Å²) in [7, 11) is 0. The Morgan fingerprint density at radius 1 is 1.47 bits per heavy atom. The van der Waals surface area contributed by atoms with Gasteiger partial charge in [-0.1, -0.05) is 13.0 Å². The summed E-state index contributed by atoms with van der Waals surface area (Å²) in [6.45, 7) is 4.03. The lowest BCUT2D eigenvalue weighted by Crippen LogP contribution is -2.23. The predicted octanol–water partition coefficient (Wildman–Crippen LogP) is 3.28. The van der Waals surface area contributed by atoms with Crippen molar-refractivity contribution in [3.8, 4) is 5.75 Å². The molecule has 3 nitrogen and oxygen atoms in total. The average molecular weight is 286 g/mol. The molecule has 0 amide bonds. The zero-order valence-electron chi connectivity index (χ0n) is 11.2. The van der Waals surface area contributed by atoms with E-state index < -0.39 is 0 Å². The molecule has 5 heteroatoms. The van der Waals surface area contributed by atoms with Gasteiger partial charge in [-0.25, -0.2) is 4.39 Å². The number of hydrogen-bond acceptors (Lipinski definition) is 4. The lowest BCUT2D eigenvalue weighted by Gasteiger charge is -2.14. The van der Waals surface area contributed by atoms with E-state index in [4.69, 9.17) is 9.47 Å². The summed E-state index contributed by atoms with van der Waals surface area (Å²) in [6.07, 6.45) is 0.689. The van der Waals surface area contributed by atoms with Gasteiger partial charge in [0.15, 0.2) is 0 Å². The molecule has 0 radical (unpaired) electrons. The second-order valence-corrected chi connectivity index (χ2v) is 5.23. The Kier molecular flexibility index (Phi) is 7.33. The number of benzene rings is 1. The Labute approximate surface area is 117 Å². The Bertz CT molecular complexity index is 398. The molecule has 1 unspecified atom stereocenters. The van der Waals surface area contributed by atoms with Gasteiger partial charge in [0.05, 0.1) is 5.75 Å². The molecule has 19 heavy (non-hydrogen) atoms. The largest absolute Gasteiger partial charge is 0.490 e. The van der Waals surface area contributed by atoms with Crippen molar-refractivity contribution in [3.05, 3.63) is 30.1 Å². The highest BCUT2D eigenvalue weighted by atomic mass is 32.2. The van der Waals surface area contributed by atoms with Crippen molar-refractivity contribution in [1.29, 1.82) is 0 Å². The molecule has 0 saturated heterocycles. The molecule has 0 aliphatic rings. The third kappa shape index (κ3) is 7.06. The smallest absolute Gasteiger partial charge is 0.316 e. The quantitative estimate of drug-likeness (QED) is 0.543. The van der Waals surface area contributed by atoms with Crippen LogP contribution in [0.2, 0.25) is 0 Å². The van der Waals surface area contributed by atoms with Gasteiger partial charge in [0, 0.05) is 6.07 Å². The number of thioether (sulfide) groups is 1. The first kappa shape index (κ1) is 15.8. The second-order valence-electron chi connectivity index (χ2n) is 4.12. The maximum absolute atomic E-state index is 12.9. The van der Waals surface area contributed by atoms with E-state index in [1.54, 1.807) is 30.8 Å². The van der Waals surface area contributed by atoms with Gasteiger partial charge in [0.25, 0.3) is 0 Å². The molecule has 0 aromatic heterocycles. The van der Waals surface area contributed by atoms with Gasteiger partial charge < -0.3 is 9.47 Å². The van der Waals surface area contributed by atoms with Crippen LogP contribution >= 0.6 is 11.8 Å². The predicted molar refractivity (Wildman–Crippen MR) is 75.1 cm³/mol. The molecule has 0 saturated carbocycles. The molecule has 0 N–H and O–H groups in total. The van der Waals surface area contributed by atoms with E-state index in [1.807, 2.05) is 0 Å². The number of rotatable bonds is 8. The molecular weight excluding hydrogens is 267 g/mol. The molecule has 0 spiro atoms. The van der Waals surface area contributed by atoms with Gasteiger partial charge >= 0.3 is 5.97 Å². The fourth-order valence-corrected chi connectivity index (χ4v) is 2.03. The van der Waals surface area contributed by atoms with Gasteiger partial charge in [-0.3, -0.25) is 4.79 Å². The van der Waals surface area contributed by atoms with Crippen molar-refractivity contribution in [2.75, 3.05) is 18.1 Å². The summed E-state index contributed by atoms with van der Waals surface area (Å²) in [5.74, 6) is 1.15. The standard InChI is InChI=1S/C14H19FO3S/c1-3-7-19-10-14(16)18-11(2)9-17-13-6-4-5-12(15)8-13/h4-6,8,11H,3,7,9-10H2,1-2H3.